The number of nitrogens with one attached hydrogen (secondary N) is 2. The number of primary amides is 1. The lowest BCUT2D eigenvalue weighted by atomic mass is 9.82. The van der Waals surface area contributed by atoms with Crippen molar-refractivity contribution in [2.75, 3.05) is 25.6 Å². The number of nitrogens with zero attached hydrogens (tertiary/aromatic N) is 1. The second kappa shape index (κ2) is 7.49. The number of anilines is 1. The normalized spacial score (nSPS) is 30.4. The van der Waals surface area contributed by atoms with E-state index in [-0.39, 0.29) is 36.0 Å². The standard InChI is InChI=1S/C20H21N3O4.CH3NO2/c1-10-15(21-11-6-4-3-5-7-11)18(26)14-12(9-24)20(27-2)19-13(22-19)8-23(20)16(14)17(10)25;2-1(3)4/h3-7,12-13,19,21-22,24H,8-9H2,1-2H3;2H2,(H,3,4). The molecule has 4 atom stereocenters. The molecule has 0 aromatic heterocycles. The summed E-state index contributed by atoms with van der Waals surface area (Å²) in [4.78, 5) is 37.3. The van der Waals surface area contributed by atoms with E-state index in [4.69, 9.17) is 14.6 Å². The molecule has 1 aromatic rings. The first kappa shape index (κ1) is 21.0. The fourth-order valence-electron chi connectivity index (χ4n) is 4.96. The number of hydrogen-bond acceptors (Lipinski definition) is 8. The van der Waals surface area contributed by atoms with Gasteiger partial charge in [-0.25, -0.2) is 4.79 Å². The summed E-state index contributed by atoms with van der Waals surface area (Å²) in [5.41, 5.74) is 5.31. The number of Topliss-reactive ketones (excluding diaryl/α,β-unsaturated/α-hetero) is 2. The summed E-state index contributed by atoms with van der Waals surface area (Å²) >= 11 is 0. The van der Waals surface area contributed by atoms with Crippen LogP contribution in [-0.2, 0) is 14.3 Å². The zero-order valence-corrected chi connectivity index (χ0v) is 17.1. The van der Waals surface area contributed by atoms with Crippen LogP contribution in [0.3, 0.4) is 0 Å². The van der Waals surface area contributed by atoms with Crippen molar-refractivity contribution in [1.82, 2.24) is 10.2 Å². The molecule has 1 amide bonds. The van der Waals surface area contributed by atoms with Gasteiger partial charge >= 0.3 is 6.09 Å². The minimum absolute atomic E-state index is 0.0108. The first-order valence-corrected chi connectivity index (χ1v) is 9.82. The van der Waals surface area contributed by atoms with Gasteiger partial charge in [0.1, 0.15) is 0 Å². The number of aliphatic hydroxyl groups excluding tert-OH is 1. The van der Waals surface area contributed by atoms with Gasteiger partial charge in [-0.05, 0) is 19.1 Å². The van der Waals surface area contributed by atoms with E-state index < -0.39 is 17.7 Å². The number of carbonyl (C=O) groups is 3. The molecule has 164 valence electrons. The van der Waals surface area contributed by atoms with Gasteiger partial charge in [0.05, 0.1) is 30.0 Å². The summed E-state index contributed by atoms with van der Waals surface area (Å²) in [5.74, 6) is -0.991. The molecule has 1 aromatic carbocycles. The number of rotatable bonds is 4. The van der Waals surface area contributed by atoms with Crippen LogP contribution in [0.2, 0.25) is 0 Å². The molecule has 0 bridgehead atoms. The van der Waals surface area contributed by atoms with Crippen LogP contribution < -0.4 is 16.4 Å². The van der Waals surface area contributed by atoms with Crippen LogP contribution in [0.1, 0.15) is 6.92 Å². The average molecular weight is 428 g/mol. The highest BCUT2D eigenvalue weighted by Gasteiger charge is 2.72. The molecule has 2 fully saturated rings. The lowest BCUT2D eigenvalue weighted by molar-refractivity contribution is -0.137. The summed E-state index contributed by atoms with van der Waals surface area (Å²) in [7, 11) is 1.58. The molecule has 10 heteroatoms. The van der Waals surface area contributed by atoms with Gasteiger partial charge in [-0.1, -0.05) is 18.2 Å². The fourth-order valence-corrected chi connectivity index (χ4v) is 4.96. The van der Waals surface area contributed by atoms with E-state index >= 15 is 0 Å². The number of carboxylic acid groups (broad SMARTS) is 1. The highest BCUT2D eigenvalue weighted by molar-refractivity contribution is 6.26. The molecule has 0 radical (unpaired) electrons. The number of ether oxygens (including phenoxy) is 1. The number of para-hydroxylation sites is 1. The van der Waals surface area contributed by atoms with Crippen molar-refractivity contribution in [3.8, 4) is 0 Å². The molecule has 4 aliphatic rings. The van der Waals surface area contributed by atoms with Crippen LogP contribution >= 0.6 is 0 Å². The SMILES string of the molecule is COC12C(CO)C3=C(C(=O)C(C)=C(Nc4ccccc4)C3=O)N1CC1NC12.NC(=O)O. The predicted molar refractivity (Wildman–Crippen MR) is 110 cm³/mol. The maximum atomic E-state index is 13.4. The van der Waals surface area contributed by atoms with Crippen molar-refractivity contribution in [1.29, 1.82) is 0 Å². The zero-order valence-electron chi connectivity index (χ0n) is 17.1. The fraction of sp³-hybridized carbons (Fsp3) is 0.381. The van der Waals surface area contributed by atoms with Gasteiger partial charge in [0.2, 0.25) is 11.6 Å². The number of benzene rings is 1. The van der Waals surface area contributed by atoms with Gasteiger partial charge in [0.25, 0.3) is 0 Å². The van der Waals surface area contributed by atoms with Gasteiger partial charge in [0, 0.05) is 36.5 Å². The summed E-state index contributed by atoms with van der Waals surface area (Å²) in [5, 5.41) is 23.8. The van der Waals surface area contributed by atoms with Crippen LogP contribution in [0, 0.1) is 5.92 Å². The smallest absolute Gasteiger partial charge is 0.402 e. The Balaban J connectivity index is 0.000000535. The van der Waals surface area contributed by atoms with Gasteiger partial charge in [-0.2, -0.15) is 0 Å². The van der Waals surface area contributed by atoms with E-state index in [1.54, 1.807) is 14.0 Å². The molecule has 0 saturated carbocycles. The Bertz CT molecular complexity index is 1020. The van der Waals surface area contributed by atoms with Crippen molar-refractivity contribution in [3.63, 3.8) is 0 Å². The number of allylic oxidation sites excluding steroid dienone is 2. The third-order valence-corrected chi connectivity index (χ3v) is 6.26. The van der Waals surface area contributed by atoms with Crippen molar-refractivity contribution in [2.24, 2.45) is 11.7 Å². The van der Waals surface area contributed by atoms with E-state index in [0.29, 0.717) is 23.4 Å². The summed E-state index contributed by atoms with van der Waals surface area (Å²) in [6.07, 6.45) is -1.33. The van der Waals surface area contributed by atoms with Crippen LogP contribution in [0.4, 0.5) is 10.5 Å². The Hall–Kier alpha value is -3.21. The van der Waals surface area contributed by atoms with E-state index in [2.05, 4.69) is 16.4 Å². The number of fused-ring (bicyclic) bond motifs is 4. The lowest BCUT2D eigenvalue weighted by Crippen LogP contribution is -2.54. The van der Waals surface area contributed by atoms with E-state index in [9.17, 15) is 14.7 Å². The number of nitrogens with two attached hydrogens (primary N) is 1. The molecule has 5 rings (SSSR count). The molecule has 10 nitrogen and oxygen atoms in total. The minimum atomic E-state index is -1.33. The maximum Gasteiger partial charge on any atom is 0.402 e. The number of ketones is 2. The van der Waals surface area contributed by atoms with Crippen molar-refractivity contribution in [2.45, 2.75) is 24.7 Å². The molecule has 3 heterocycles. The number of methoxy groups -OCH3 is 1. The van der Waals surface area contributed by atoms with Crippen LogP contribution in [-0.4, -0.2) is 70.8 Å². The molecule has 0 spiro atoms. The largest absolute Gasteiger partial charge is 0.465 e. The van der Waals surface area contributed by atoms with Crippen molar-refractivity contribution < 1.29 is 29.3 Å². The highest BCUT2D eigenvalue weighted by atomic mass is 16.5. The molecule has 3 aliphatic heterocycles. The summed E-state index contributed by atoms with van der Waals surface area (Å²) < 4.78 is 5.88. The highest BCUT2D eigenvalue weighted by Crippen LogP contribution is 2.55. The van der Waals surface area contributed by atoms with E-state index in [1.807, 2.05) is 35.2 Å². The Morgan fingerprint density at radius 2 is 1.97 bits per heavy atom. The number of hydrogen-bond donors (Lipinski definition) is 5. The molecule has 1 aliphatic carbocycles. The van der Waals surface area contributed by atoms with Crippen molar-refractivity contribution in [3.05, 3.63) is 52.9 Å². The van der Waals surface area contributed by atoms with Crippen LogP contribution in [0.25, 0.3) is 0 Å². The molecule has 31 heavy (non-hydrogen) atoms. The minimum Gasteiger partial charge on any atom is -0.465 e. The molecule has 4 unspecified atom stereocenters. The Labute approximate surface area is 178 Å². The van der Waals surface area contributed by atoms with Crippen molar-refractivity contribution >= 4 is 23.3 Å². The Morgan fingerprint density at radius 3 is 2.55 bits per heavy atom. The third-order valence-electron chi connectivity index (χ3n) is 6.26. The Kier molecular flexibility index (Phi) is 5.08. The molecule has 2 saturated heterocycles. The third kappa shape index (κ3) is 3.02. The van der Waals surface area contributed by atoms with Gasteiger partial charge in [-0.3, -0.25) is 9.59 Å². The first-order chi connectivity index (χ1) is 14.8. The summed E-state index contributed by atoms with van der Waals surface area (Å²) in [6.45, 7) is 2.01. The predicted octanol–water partition coefficient (Wildman–Crippen LogP) is 0.0223. The average Bonchev–Trinajstić information content (AvgIpc) is 3.35. The molecule has 6 N–H and O–H groups in total. The number of aliphatic hydroxyl groups is 1. The maximum absolute atomic E-state index is 13.4. The molecular formula is C21H24N4O6. The summed E-state index contributed by atoms with van der Waals surface area (Å²) in [6, 6.07) is 9.52. The van der Waals surface area contributed by atoms with Crippen LogP contribution in [0.15, 0.2) is 52.9 Å². The van der Waals surface area contributed by atoms with Crippen LogP contribution in [0.5, 0.6) is 0 Å². The second-order valence-corrected chi connectivity index (χ2v) is 7.80. The zero-order chi connectivity index (χ0) is 22.5. The van der Waals surface area contributed by atoms with Gasteiger partial charge < -0.3 is 36.2 Å². The number of amides is 1. The quantitative estimate of drug-likeness (QED) is 0.328. The van der Waals surface area contributed by atoms with E-state index in [0.717, 1.165) is 5.69 Å². The Morgan fingerprint density at radius 1 is 1.32 bits per heavy atom. The number of piperazine rings is 1. The van der Waals surface area contributed by atoms with Gasteiger partial charge in [-0.15, -0.1) is 0 Å². The number of carbonyl (C=O) groups excluding carboxylic acids is 2. The lowest BCUT2D eigenvalue weighted by Gasteiger charge is -2.39. The monoisotopic (exact) mass is 428 g/mol. The second-order valence-electron chi connectivity index (χ2n) is 7.80. The first-order valence-electron chi connectivity index (χ1n) is 9.82. The molecular weight excluding hydrogens is 404 g/mol. The van der Waals surface area contributed by atoms with E-state index in [1.165, 1.54) is 0 Å². The van der Waals surface area contributed by atoms with Gasteiger partial charge in [0.15, 0.2) is 5.72 Å². The topological polar surface area (TPSA) is 164 Å².